The van der Waals surface area contributed by atoms with Crippen LogP contribution in [0.15, 0.2) is 24.3 Å². The summed E-state index contributed by atoms with van der Waals surface area (Å²) < 4.78 is 0. The number of carboxylic acids is 1. The van der Waals surface area contributed by atoms with E-state index in [4.69, 9.17) is 10.8 Å². The second-order valence-electron chi connectivity index (χ2n) is 4.76. The highest BCUT2D eigenvalue weighted by molar-refractivity contribution is 5.95. The molecule has 0 aliphatic heterocycles. The Bertz CT molecular complexity index is 593. The Balaban J connectivity index is 2.73. The molecule has 112 valence electrons. The lowest BCUT2D eigenvalue weighted by Gasteiger charge is -2.10. The standard InChI is InChI=1S/C15H18N2O4/c1-9-3-4-11(10(2)7-9)5-6-14(19)17-12(15(20)21)8-13(16)18/h3-7,12H,8H2,1-2H3,(H2,16,18)(H,17,19)(H,20,21)/b6-5+. The number of hydrogen-bond donors (Lipinski definition) is 3. The van der Waals surface area contributed by atoms with E-state index in [1.165, 1.54) is 6.08 Å². The Morgan fingerprint density at radius 1 is 1.33 bits per heavy atom. The van der Waals surface area contributed by atoms with Gasteiger partial charge in [-0.15, -0.1) is 0 Å². The number of benzene rings is 1. The average Bonchev–Trinajstić information content (AvgIpc) is 2.36. The van der Waals surface area contributed by atoms with Crippen molar-refractivity contribution in [3.05, 3.63) is 41.0 Å². The minimum atomic E-state index is -1.32. The summed E-state index contributed by atoms with van der Waals surface area (Å²) in [5.74, 6) is -2.69. The molecule has 0 bridgehead atoms. The van der Waals surface area contributed by atoms with Gasteiger partial charge < -0.3 is 16.2 Å². The van der Waals surface area contributed by atoms with Gasteiger partial charge >= 0.3 is 5.97 Å². The minimum absolute atomic E-state index is 0.446. The second kappa shape index (κ2) is 7.23. The molecule has 0 aliphatic rings. The van der Waals surface area contributed by atoms with Gasteiger partial charge in [0, 0.05) is 6.08 Å². The maximum absolute atomic E-state index is 11.7. The van der Waals surface area contributed by atoms with E-state index < -0.39 is 30.2 Å². The monoisotopic (exact) mass is 290 g/mol. The van der Waals surface area contributed by atoms with Crippen molar-refractivity contribution in [2.45, 2.75) is 26.3 Å². The largest absolute Gasteiger partial charge is 0.480 e. The summed E-state index contributed by atoms with van der Waals surface area (Å²) >= 11 is 0. The Morgan fingerprint density at radius 2 is 2.00 bits per heavy atom. The number of amides is 2. The first-order valence-corrected chi connectivity index (χ1v) is 6.36. The maximum atomic E-state index is 11.7. The Hall–Kier alpha value is -2.63. The number of primary amides is 1. The molecular formula is C15H18N2O4. The summed E-state index contributed by atoms with van der Waals surface area (Å²) in [6.45, 7) is 3.88. The molecule has 1 aromatic carbocycles. The number of carbonyl (C=O) groups excluding carboxylic acids is 2. The summed E-state index contributed by atoms with van der Waals surface area (Å²) in [5.41, 5.74) is 7.91. The first-order chi connectivity index (χ1) is 9.79. The number of hydrogen-bond acceptors (Lipinski definition) is 3. The molecule has 1 rings (SSSR count). The molecule has 0 aromatic heterocycles. The number of carbonyl (C=O) groups is 3. The number of rotatable bonds is 6. The Kier molecular flexibility index (Phi) is 5.66. The fourth-order valence-corrected chi connectivity index (χ4v) is 1.80. The molecule has 0 saturated heterocycles. The van der Waals surface area contributed by atoms with E-state index in [1.54, 1.807) is 6.08 Å². The highest BCUT2D eigenvalue weighted by atomic mass is 16.4. The third-order valence-electron chi connectivity index (χ3n) is 2.86. The fourth-order valence-electron chi connectivity index (χ4n) is 1.80. The highest BCUT2D eigenvalue weighted by Gasteiger charge is 2.20. The van der Waals surface area contributed by atoms with Crippen LogP contribution in [-0.2, 0) is 14.4 Å². The topological polar surface area (TPSA) is 109 Å². The number of nitrogens with two attached hydrogens (primary N) is 1. The SMILES string of the molecule is Cc1ccc(/C=C/C(=O)NC(CC(N)=O)C(=O)O)c(C)c1. The van der Waals surface area contributed by atoms with Gasteiger partial charge in [0.2, 0.25) is 11.8 Å². The smallest absolute Gasteiger partial charge is 0.326 e. The zero-order valence-corrected chi connectivity index (χ0v) is 11.9. The van der Waals surface area contributed by atoms with Crippen LogP contribution >= 0.6 is 0 Å². The van der Waals surface area contributed by atoms with Gasteiger partial charge in [-0.25, -0.2) is 4.79 Å². The van der Waals surface area contributed by atoms with Gasteiger partial charge in [-0.1, -0.05) is 23.8 Å². The normalized spacial score (nSPS) is 12.1. The molecule has 1 unspecified atom stereocenters. The van der Waals surface area contributed by atoms with Crippen LogP contribution in [0.5, 0.6) is 0 Å². The first-order valence-electron chi connectivity index (χ1n) is 6.36. The number of carboxylic acid groups (broad SMARTS) is 1. The van der Waals surface area contributed by atoms with Crippen LogP contribution in [0.25, 0.3) is 6.08 Å². The lowest BCUT2D eigenvalue weighted by molar-refractivity contribution is -0.142. The van der Waals surface area contributed by atoms with E-state index in [9.17, 15) is 14.4 Å². The molecule has 0 heterocycles. The summed E-state index contributed by atoms with van der Waals surface area (Å²) in [6, 6.07) is 4.44. The van der Waals surface area contributed by atoms with Gasteiger partial charge in [-0.3, -0.25) is 9.59 Å². The van der Waals surface area contributed by atoms with E-state index in [-0.39, 0.29) is 0 Å². The molecule has 0 radical (unpaired) electrons. The van der Waals surface area contributed by atoms with Crippen molar-refractivity contribution in [2.75, 3.05) is 0 Å². The van der Waals surface area contributed by atoms with Gasteiger partial charge in [-0.2, -0.15) is 0 Å². The third-order valence-corrected chi connectivity index (χ3v) is 2.86. The van der Waals surface area contributed by atoms with Crippen LogP contribution in [0, 0.1) is 13.8 Å². The molecule has 6 nitrogen and oxygen atoms in total. The summed E-state index contributed by atoms with van der Waals surface area (Å²) in [5, 5.41) is 11.1. The Labute approximate surface area is 122 Å². The van der Waals surface area contributed by atoms with E-state index >= 15 is 0 Å². The maximum Gasteiger partial charge on any atom is 0.326 e. The first kappa shape index (κ1) is 16.4. The van der Waals surface area contributed by atoms with Crippen molar-refractivity contribution < 1.29 is 19.5 Å². The lowest BCUT2D eigenvalue weighted by Crippen LogP contribution is -2.42. The van der Waals surface area contributed by atoms with E-state index in [0.717, 1.165) is 16.7 Å². The van der Waals surface area contributed by atoms with E-state index in [1.807, 2.05) is 32.0 Å². The molecule has 0 saturated carbocycles. The van der Waals surface area contributed by atoms with Crippen LogP contribution in [0.3, 0.4) is 0 Å². The molecular weight excluding hydrogens is 272 g/mol. The average molecular weight is 290 g/mol. The van der Waals surface area contributed by atoms with Crippen LogP contribution in [0.1, 0.15) is 23.1 Å². The lowest BCUT2D eigenvalue weighted by atomic mass is 10.1. The van der Waals surface area contributed by atoms with Crippen molar-refractivity contribution in [1.29, 1.82) is 0 Å². The molecule has 1 aromatic rings. The number of aryl methyl sites for hydroxylation is 2. The zero-order chi connectivity index (χ0) is 16.0. The van der Waals surface area contributed by atoms with Gasteiger partial charge in [-0.05, 0) is 31.1 Å². The van der Waals surface area contributed by atoms with Gasteiger partial charge in [0.05, 0.1) is 6.42 Å². The van der Waals surface area contributed by atoms with Crippen molar-refractivity contribution in [2.24, 2.45) is 5.73 Å². The molecule has 6 heteroatoms. The van der Waals surface area contributed by atoms with Crippen LogP contribution in [-0.4, -0.2) is 28.9 Å². The summed E-state index contributed by atoms with van der Waals surface area (Å²) in [7, 11) is 0. The van der Waals surface area contributed by atoms with Crippen molar-refractivity contribution in [3.63, 3.8) is 0 Å². The summed E-state index contributed by atoms with van der Waals surface area (Å²) in [6.07, 6.45) is 2.38. The zero-order valence-electron chi connectivity index (χ0n) is 11.9. The molecule has 21 heavy (non-hydrogen) atoms. The predicted molar refractivity (Wildman–Crippen MR) is 78.3 cm³/mol. The van der Waals surface area contributed by atoms with Crippen molar-refractivity contribution in [3.8, 4) is 0 Å². The van der Waals surface area contributed by atoms with Crippen LogP contribution in [0.4, 0.5) is 0 Å². The quantitative estimate of drug-likeness (QED) is 0.672. The van der Waals surface area contributed by atoms with E-state index in [2.05, 4.69) is 5.32 Å². The van der Waals surface area contributed by atoms with Gasteiger partial charge in [0.15, 0.2) is 0 Å². The summed E-state index contributed by atoms with van der Waals surface area (Å²) in [4.78, 5) is 33.3. The van der Waals surface area contributed by atoms with Gasteiger partial charge in [0.25, 0.3) is 0 Å². The Morgan fingerprint density at radius 3 is 2.52 bits per heavy atom. The van der Waals surface area contributed by atoms with E-state index in [0.29, 0.717) is 0 Å². The molecule has 2 amide bonds. The molecule has 0 aliphatic carbocycles. The number of aliphatic carboxylic acids is 1. The van der Waals surface area contributed by atoms with Crippen molar-refractivity contribution in [1.82, 2.24) is 5.32 Å². The van der Waals surface area contributed by atoms with Crippen LogP contribution in [0.2, 0.25) is 0 Å². The minimum Gasteiger partial charge on any atom is -0.480 e. The van der Waals surface area contributed by atoms with Crippen molar-refractivity contribution >= 4 is 23.9 Å². The third kappa shape index (κ3) is 5.48. The van der Waals surface area contributed by atoms with Crippen LogP contribution < -0.4 is 11.1 Å². The second-order valence-corrected chi connectivity index (χ2v) is 4.76. The highest BCUT2D eigenvalue weighted by Crippen LogP contribution is 2.11. The molecule has 0 spiro atoms. The molecule has 1 atom stereocenters. The number of nitrogens with one attached hydrogen (secondary N) is 1. The molecule has 0 fully saturated rings. The molecule has 4 N–H and O–H groups in total. The fraction of sp³-hybridized carbons (Fsp3) is 0.267. The van der Waals surface area contributed by atoms with Gasteiger partial charge in [0.1, 0.15) is 6.04 Å². The predicted octanol–water partition coefficient (Wildman–Crippen LogP) is 0.761.